The van der Waals surface area contributed by atoms with E-state index >= 15 is 0 Å². The standard InChI is InChI=1S/C9H16O.C4H10O3/c1-2-5-8(4-1)10-9-6-3-7-9;5-1-3-7-4-2-6/h8-9H,1-7H2;5-6H,1-4H2. The molecule has 17 heavy (non-hydrogen) atoms. The summed E-state index contributed by atoms with van der Waals surface area (Å²) in [7, 11) is 0. The number of hydrogen-bond donors (Lipinski definition) is 2. The molecule has 0 aromatic carbocycles. The van der Waals surface area contributed by atoms with Crippen molar-refractivity contribution in [2.24, 2.45) is 0 Å². The van der Waals surface area contributed by atoms with Gasteiger partial charge in [0.25, 0.3) is 0 Å². The van der Waals surface area contributed by atoms with Crippen molar-refractivity contribution in [2.45, 2.75) is 57.2 Å². The lowest BCUT2D eigenvalue weighted by atomic mass is 9.96. The van der Waals surface area contributed by atoms with Crippen molar-refractivity contribution >= 4 is 0 Å². The van der Waals surface area contributed by atoms with Gasteiger partial charge in [-0.1, -0.05) is 12.8 Å². The molecule has 2 saturated carbocycles. The van der Waals surface area contributed by atoms with E-state index in [0.717, 1.165) is 0 Å². The zero-order valence-corrected chi connectivity index (χ0v) is 10.6. The summed E-state index contributed by atoms with van der Waals surface area (Å²) in [4.78, 5) is 0. The molecule has 0 aromatic heterocycles. The summed E-state index contributed by atoms with van der Waals surface area (Å²) in [6.45, 7) is 0.696. The van der Waals surface area contributed by atoms with Crippen LogP contribution in [0.4, 0.5) is 0 Å². The molecule has 2 fully saturated rings. The van der Waals surface area contributed by atoms with E-state index in [2.05, 4.69) is 4.74 Å². The first-order valence-corrected chi connectivity index (χ1v) is 6.81. The van der Waals surface area contributed by atoms with Crippen LogP contribution in [0.25, 0.3) is 0 Å². The predicted molar refractivity (Wildman–Crippen MR) is 66.0 cm³/mol. The maximum Gasteiger partial charge on any atom is 0.0698 e. The molecule has 2 N–H and O–H groups in total. The van der Waals surface area contributed by atoms with Crippen LogP contribution in [0.1, 0.15) is 44.9 Å². The van der Waals surface area contributed by atoms with Crippen LogP contribution in [0.5, 0.6) is 0 Å². The highest BCUT2D eigenvalue weighted by molar-refractivity contribution is 4.74. The van der Waals surface area contributed by atoms with Crippen LogP contribution in [-0.4, -0.2) is 48.8 Å². The monoisotopic (exact) mass is 246 g/mol. The lowest BCUT2D eigenvalue weighted by molar-refractivity contribution is -0.0474. The molecule has 4 heteroatoms. The van der Waals surface area contributed by atoms with E-state index in [1.807, 2.05) is 0 Å². The minimum atomic E-state index is 0.0278. The zero-order chi connectivity index (χ0) is 12.3. The van der Waals surface area contributed by atoms with Gasteiger partial charge in [-0.25, -0.2) is 0 Å². The van der Waals surface area contributed by atoms with Gasteiger partial charge in [0.05, 0.1) is 38.6 Å². The summed E-state index contributed by atoms with van der Waals surface area (Å²) in [6.07, 6.45) is 10.8. The predicted octanol–water partition coefficient (Wildman–Crippen LogP) is 1.49. The summed E-state index contributed by atoms with van der Waals surface area (Å²) >= 11 is 0. The van der Waals surface area contributed by atoms with Gasteiger partial charge < -0.3 is 19.7 Å². The molecule has 0 atom stereocenters. The van der Waals surface area contributed by atoms with Gasteiger partial charge in [0, 0.05) is 0 Å². The van der Waals surface area contributed by atoms with Crippen LogP contribution in [0.3, 0.4) is 0 Å². The molecule has 0 bridgehead atoms. The molecular formula is C13H26O4. The molecule has 2 aliphatic carbocycles. The van der Waals surface area contributed by atoms with E-state index in [4.69, 9.17) is 14.9 Å². The summed E-state index contributed by atoms with van der Waals surface area (Å²) in [6, 6.07) is 0. The molecule has 0 radical (unpaired) electrons. The van der Waals surface area contributed by atoms with Crippen LogP contribution >= 0.6 is 0 Å². The third-order valence-electron chi connectivity index (χ3n) is 3.21. The van der Waals surface area contributed by atoms with Crippen molar-refractivity contribution in [3.05, 3.63) is 0 Å². The number of aliphatic hydroxyl groups excluding tert-OH is 2. The average molecular weight is 246 g/mol. The second-order valence-electron chi connectivity index (χ2n) is 4.66. The van der Waals surface area contributed by atoms with E-state index in [-0.39, 0.29) is 13.2 Å². The van der Waals surface area contributed by atoms with Crippen LogP contribution in [-0.2, 0) is 9.47 Å². The van der Waals surface area contributed by atoms with Gasteiger partial charge in [-0.3, -0.25) is 0 Å². The zero-order valence-electron chi connectivity index (χ0n) is 10.6. The fourth-order valence-corrected chi connectivity index (χ4v) is 2.03. The smallest absolute Gasteiger partial charge is 0.0698 e. The van der Waals surface area contributed by atoms with E-state index in [1.165, 1.54) is 44.9 Å². The van der Waals surface area contributed by atoms with Crippen molar-refractivity contribution in [2.75, 3.05) is 26.4 Å². The number of hydrogen-bond acceptors (Lipinski definition) is 4. The summed E-state index contributed by atoms with van der Waals surface area (Å²) in [5, 5.41) is 16.2. The van der Waals surface area contributed by atoms with E-state index in [9.17, 15) is 0 Å². The van der Waals surface area contributed by atoms with Gasteiger partial charge in [-0.2, -0.15) is 0 Å². The molecule has 4 nitrogen and oxygen atoms in total. The van der Waals surface area contributed by atoms with E-state index in [1.54, 1.807) is 0 Å². The van der Waals surface area contributed by atoms with Crippen molar-refractivity contribution < 1.29 is 19.7 Å². The Morgan fingerprint density at radius 1 is 0.765 bits per heavy atom. The first-order valence-electron chi connectivity index (χ1n) is 6.81. The van der Waals surface area contributed by atoms with Gasteiger partial charge in [-0.15, -0.1) is 0 Å². The molecule has 0 aromatic rings. The summed E-state index contributed by atoms with van der Waals surface area (Å²) < 4.78 is 10.5. The van der Waals surface area contributed by atoms with Crippen LogP contribution in [0.15, 0.2) is 0 Å². The van der Waals surface area contributed by atoms with Gasteiger partial charge in [-0.05, 0) is 32.1 Å². The molecule has 2 rings (SSSR count). The van der Waals surface area contributed by atoms with Crippen LogP contribution in [0.2, 0.25) is 0 Å². The highest BCUT2D eigenvalue weighted by Gasteiger charge is 2.24. The van der Waals surface area contributed by atoms with Crippen molar-refractivity contribution in [1.82, 2.24) is 0 Å². The van der Waals surface area contributed by atoms with Crippen LogP contribution < -0.4 is 0 Å². The lowest BCUT2D eigenvalue weighted by Gasteiger charge is -2.28. The molecule has 0 amide bonds. The fraction of sp³-hybridized carbons (Fsp3) is 1.00. The average Bonchev–Trinajstić information content (AvgIpc) is 2.78. The number of rotatable bonds is 6. The number of ether oxygens (including phenoxy) is 2. The normalized spacial score (nSPS) is 20.8. The third kappa shape index (κ3) is 6.99. The first kappa shape index (κ1) is 14.9. The molecule has 0 saturated heterocycles. The topological polar surface area (TPSA) is 58.9 Å². The highest BCUT2D eigenvalue weighted by atomic mass is 16.5. The van der Waals surface area contributed by atoms with E-state index in [0.29, 0.717) is 25.4 Å². The lowest BCUT2D eigenvalue weighted by Crippen LogP contribution is -2.26. The minimum Gasteiger partial charge on any atom is -0.394 e. The quantitative estimate of drug-likeness (QED) is 0.697. The fourth-order valence-electron chi connectivity index (χ4n) is 2.03. The molecule has 0 spiro atoms. The van der Waals surface area contributed by atoms with Gasteiger partial charge in [0.2, 0.25) is 0 Å². The maximum absolute atomic E-state index is 8.09. The molecule has 0 unspecified atom stereocenters. The van der Waals surface area contributed by atoms with Crippen molar-refractivity contribution in [1.29, 1.82) is 0 Å². The summed E-state index contributed by atoms with van der Waals surface area (Å²) in [5.41, 5.74) is 0. The molecule has 102 valence electrons. The Kier molecular flexibility index (Phi) is 8.61. The highest BCUT2D eigenvalue weighted by Crippen LogP contribution is 2.29. The second-order valence-corrected chi connectivity index (χ2v) is 4.66. The molecular weight excluding hydrogens is 220 g/mol. The first-order chi connectivity index (χ1) is 8.36. The molecule has 0 aliphatic heterocycles. The Labute approximate surface area is 104 Å². The largest absolute Gasteiger partial charge is 0.394 e. The minimum absolute atomic E-state index is 0.0278. The SMILES string of the molecule is C1CCC(OC2CCC2)C1.OCCOCCO. The van der Waals surface area contributed by atoms with Gasteiger partial charge in [0.15, 0.2) is 0 Å². The Balaban J connectivity index is 0.000000185. The Morgan fingerprint density at radius 2 is 1.24 bits per heavy atom. The van der Waals surface area contributed by atoms with E-state index < -0.39 is 0 Å². The Hall–Kier alpha value is -0.160. The summed E-state index contributed by atoms with van der Waals surface area (Å²) in [5.74, 6) is 0. The van der Waals surface area contributed by atoms with Gasteiger partial charge >= 0.3 is 0 Å². The van der Waals surface area contributed by atoms with Crippen molar-refractivity contribution in [3.63, 3.8) is 0 Å². The van der Waals surface area contributed by atoms with Crippen LogP contribution in [0, 0.1) is 0 Å². The van der Waals surface area contributed by atoms with Gasteiger partial charge in [0.1, 0.15) is 0 Å². The third-order valence-corrected chi connectivity index (χ3v) is 3.21. The van der Waals surface area contributed by atoms with Crippen molar-refractivity contribution in [3.8, 4) is 0 Å². The number of aliphatic hydroxyl groups is 2. The Bertz CT molecular complexity index is 161. The second kappa shape index (κ2) is 9.83. The molecule has 2 aliphatic rings. The maximum atomic E-state index is 8.09. The Morgan fingerprint density at radius 3 is 1.59 bits per heavy atom. The molecule has 0 heterocycles.